The van der Waals surface area contributed by atoms with E-state index in [1.165, 1.54) is 33.3 Å². The molecule has 0 amide bonds. The smallest absolute Gasteiger partial charge is 0.271 e. The third kappa shape index (κ3) is 2.53. The fraction of sp³-hybridized carbons (Fsp3) is 0.333. The van der Waals surface area contributed by atoms with Gasteiger partial charge in [-0.15, -0.1) is 0 Å². The van der Waals surface area contributed by atoms with E-state index in [9.17, 15) is 18.5 Å². The second-order valence-corrected chi connectivity index (χ2v) is 5.50. The number of ether oxygens (including phenoxy) is 1. The molecule has 94 valence electrons. The van der Waals surface area contributed by atoms with E-state index in [1.807, 2.05) is 0 Å². The molecule has 8 heteroatoms. The Morgan fingerprint density at radius 1 is 1.35 bits per heavy atom. The van der Waals surface area contributed by atoms with Gasteiger partial charge in [0.1, 0.15) is 10.6 Å². The average Bonchev–Trinajstić information content (AvgIpc) is 2.27. The second kappa shape index (κ2) is 4.68. The monoisotopic (exact) mass is 260 g/mol. The highest BCUT2D eigenvalue weighted by Gasteiger charge is 2.24. The summed E-state index contributed by atoms with van der Waals surface area (Å²) in [6.45, 7) is 0. The van der Waals surface area contributed by atoms with E-state index < -0.39 is 14.9 Å². The molecule has 0 heterocycles. The third-order valence-electron chi connectivity index (χ3n) is 2.12. The number of nitrogens with zero attached hydrogens (tertiary/aromatic N) is 2. The van der Waals surface area contributed by atoms with Crippen molar-refractivity contribution in [3.8, 4) is 5.75 Å². The number of benzene rings is 1. The van der Waals surface area contributed by atoms with E-state index in [1.54, 1.807) is 0 Å². The molecule has 1 rings (SSSR count). The molecule has 0 saturated carbocycles. The van der Waals surface area contributed by atoms with Crippen molar-refractivity contribution in [2.24, 2.45) is 0 Å². The zero-order valence-corrected chi connectivity index (χ0v) is 10.4. The normalized spacial score (nSPS) is 11.5. The van der Waals surface area contributed by atoms with Crippen molar-refractivity contribution in [2.75, 3.05) is 21.2 Å². The maximum absolute atomic E-state index is 11.9. The molecule has 7 nitrogen and oxygen atoms in total. The number of sulfonamides is 1. The summed E-state index contributed by atoms with van der Waals surface area (Å²) in [5.74, 6) is 0.0734. The molecular formula is C9H12N2O5S. The van der Waals surface area contributed by atoms with Crippen molar-refractivity contribution in [1.82, 2.24) is 4.31 Å². The molecule has 0 aliphatic carbocycles. The molecule has 17 heavy (non-hydrogen) atoms. The van der Waals surface area contributed by atoms with Crippen LogP contribution in [-0.4, -0.2) is 38.9 Å². The lowest BCUT2D eigenvalue weighted by Gasteiger charge is -2.13. The molecule has 0 N–H and O–H groups in total. The number of non-ortho nitro benzene ring substituents is 1. The SMILES string of the molecule is COc1ccc([N+](=O)[O-])cc1S(=O)(=O)N(C)C. The van der Waals surface area contributed by atoms with E-state index in [-0.39, 0.29) is 16.3 Å². The van der Waals surface area contributed by atoms with Crippen LogP contribution in [0.4, 0.5) is 5.69 Å². The highest BCUT2D eigenvalue weighted by atomic mass is 32.2. The number of nitro benzene ring substituents is 1. The van der Waals surface area contributed by atoms with Crippen molar-refractivity contribution in [3.63, 3.8) is 0 Å². The molecule has 0 fully saturated rings. The maximum atomic E-state index is 11.9. The molecule has 0 aliphatic heterocycles. The van der Waals surface area contributed by atoms with Gasteiger partial charge in [0, 0.05) is 26.2 Å². The van der Waals surface area contributed by atoms with Gasteiger partial charge in [-0.2, -0.15) is 0 Å². The number of methoxy groups -OCH3 is 1. The standard InChI is InChI=1S/C9H12N2O5S/c1-10(2)17(14,15)9-6-7(11(12)13)4-5-8(9)16-3/h4-6H,1-3H3. The van der Waals surface area contributed by atoms with Crippen molar-refractivity contribution >= 4 is 15.7 Å². The summed E-state index contributed by atoms with van der Waals surface area (Å²) in [6, 6.07) is 3.43. The predicted molar refractivity (Wildman–Crippen MR) is 60.5 cm³/mol. The molecule has 1 aromatic rings. The Hall–Kier alpha value is -1.67. The van der Waals surface area contributed by atoms with E-state index in [0.717, 1.165) is 10.4 Å². The highest BCUT2D eigenvalue weighted by molar-refractivity contribution is 7.89. The third-order valence-corrected chi connectivity index (χ3v) is 3.95. The van der Waals surface area contributed by atoms with Crippen LogP contribution in [0.5, 0.6) is 5.75 Å². The molecule has 0 radical (unpaired) electrons. The van der Waals surface area contributed by atoms with Crippen LogP contribution in [-0.2, 0) is 10.0 Å². The van der Waals surface area contributed by atoms with Gasteiger partial charge < -0.3 is 4.74 Å². The Labute approximate surface area is 98.8 Å². The summed E-state index contributed by atoms with van der Waals surface area (Å²) in [7, 11) is 0.211. The zero-order valence-electron chi connectivity index (χ0n) is 9.58. The summed E-state index contributed by atoms with van der Waals surface area (Å²) in [6.07, 6.45) is 0. The predicted octanol–water partition coefficient (Wildman–Crippen LogP) is 0.854. The lowest BCUT2D eigenvalue weighted by molar-refractivity contribution is -0.385. The first-order valence-corrected chi connectivity index (χ1v) is 5.99. The van der Waals surface area contributed by atoms with Gasteiger partial charge in [-0.3, -0.25) is 10.1 Å². The van der Waals surface area contributed by atoms with Crippen molar-refractivity contribution in [1.29, 1.82) is 0 Å². The first-order valence-electron chi connectivity index (χ1n) is 4.55. The number of hydrogen-bond acceptors (Lipinski definition) is 5. The Balaban J connectivity index is 3.49. The Kier molecular flexibility index (Phi) is 3.69. The largest absolute Gasteiger partial charge is 0.495 e. The molecule has 0 bridgehead atoms. The van der Waals surface area contributed by atoms with Gasteiger partial charge in [-0.25, -0.2) is 12.7 Å². The molecule has 1 aromatic carbocycles. The van der Waals surface area contributed by atoms with E-state index in [0.29, 0.717) is 0 Å². The maximum Gasteiger partial charge on any atom is 0.271 e. The van der Waals surface area contributed by atoms with Crippen LogP contribution in [0.2, 0.25) is 0 Å². The van der Waals surface area contributed by atoms with Crippen LogP contribution in [0.1, 0.15) is 0 Å². The van der Waals surface area contributed by atoms with Crippen LogP contribution in [0.25, 0.3) is 0 Å². The van der Waals surface area contributed by atoms with Gasteiger partial charge in [0.2, 0.25) is 10.0 Å². The lowest BCUT2D eigenvalue weighted by atomic mass is 10.3. The molecule has 0 aromatic heterocycles. The van der Waals surface area contributed by atoms with Crippen LogP contribution >= 0.6 is 0 Å². The van der Waals surface area contributed by atoms with E-state index >= 15 is 0 Å². The summed E-state index contributed by atoms with van der Waals surface area (Å²) in [4.78, 5) is 9.72. The number of hydrogen-bond donors (Lipinski definition) is 0. The molecule has 0 atom stereocenters. The molecule has 0 unspecified atom stereocenters. The molecule has 0 aliphatic rings. The fourth-order valence-electron chi connectivity index (χ4n) is 1.18. The highest BCUT2D eigenvalue weighted by Crippen LogP contribution is 2.29. The van der Waals surface area contributed by atoms with Crippen molar-refractivity contribution in [2.45, 2.75) is 4.90 Å². The Morgan fingerprint density at radius 3 is 2.35 bits per heavy atom. The van der Waals surface area contributed by atoms with Gasteiger partial charge in [0.05, 0.1) is 12.0 Å². The Bertz CT molecular complexity index is 538. The van der Waals surface area contributed by atoms with Crippen molar-refractivity contribution < 1.29 is 18.1 Å². The minimum atomic E-state index is -3.77. The van der Waals surface area contributed by atoms with Crippen molar-refractivity contribution in [3.05, 3.63) is 28.3 Å². The van der Waals surface area contributed by atoms with Crippen LogP contribution < -0.4 is 4.74 Å². The topological polar surface area (TPSA) is 89.7 Å². The van der Waals surface area contributed by atoms with Crippen LogP contribution in [0, 0.1) is 10.1 Å². The van der Waals surface area contributed by atoms with Crippen LogP contribution in [0.15, 0.2) is 23.1 Å². The van der Waals surface area contributed by atoms with Crippen LogP contribution in [0.3, 0.4) is 0 Å². The van der Waals surface area contributed by atoms with Gasteiger partial charge in [0.15, 0.2) is 0 Å². The minimum Gasteiger partial charge on any atom is -0.495 e. The quantitative estimate of drug-likeness (QED) is 0.591. The average molecular weight is 260 g/mol. The van der Waals surface area contributed by atoms with Gasteiger partial charge >= 0.3 is 0 Å². The first-order chi connectivity index (χ1) is 7.80. The first kappa shape index (κ1) is 13.4. The zero-order chi connectivity index (χ0) is 13.2. The number of rotatable bonds is 4. The minimum absolute atomic E-state index is 0.0734. The van der Waals surface area contributed by atoms with Gasteiger partial charge in [0.25, 0.3) is 5.69 Å². The summed E-state index contributed by atoms with van der Waals surface area (Å²) >= 11 is 0. The van der Waals surface area contributed by atoms with E-state index in [2.05, 4.69) is 0 Å². The van der Waals surface area contributed by atoms with Gasteiger partial charge in [-0.1, -0.05) is 0 Å². The summed E-state index contributed by atoms with van der Waals surface area (Å²) in [5, 5.41) is 10.6. The Morgan fingerprint density at radius 2 is 1.94 bits per heavy atom. The fourth-order valence-corrected chi connectivity index (χ4v) is 2.25. The lowest BCUT2D eigenvalue weighted by Crippen LogP contribution is -2.22. The molecule has 0 spiro atoms. The summed E-state index contributed by atoms with van der Waals surface area (Å²) < 4.78 is 29.7. The van der Waals surface area contributed by atoms with Gasteiger partial charge in [-0.05, 0) is 6.07 Å². The molecular weight excluding hydrogens is 248 g/mol. The second-order valence-electron chi connectivity index (χ2n) is 3.38. The number of nitro groups is 1. The molecule has 0 saturated heterocycles. The van der Waals surface area contributed by atoms with E-state index in [4.69, 9.17) is 4.74 Å². The summed E-state index contributed by atoms with van der Waals surface area (Å²) in [5.41, 5.74) is -0.300.